The first-order valence-electron chi connectivity index (χ1n) is 6.41. The van der Waals surface area contributed by atoms with Crippen molar-refractivity contribution in [2.45, 2.75) is 17.9 Å². The summed E-state index contributed by atoms with van der Waals surface area (Å²) in [5.41, 5.74) is 1.35. The Morgan fingerprint density at radius 3 is 2.52 bits per heavy atom. The van der Waals surface area contributed by atoms with Gasteiger partial charge in [0, 0.05) is 9.92 Å². The molecule has 0 aliphatic rings. The number of halogens is 2. The second-order valence-corrected chi connectivity index (χ2v) is 6.26. The largest absolute Gasteiger partial charge is 0.345 e. The highest BCUT2D eigenvalue weighted by atomic mass is 35.5. The molecule has 21 heavy (non-hydrogen) atoms. The van der Waals surface area contributed by atoms with Gasteiger partial charge in [-0.1, -0.05) is 41.4 Å². The monoisotopic (exact) mass is 339 g/mol. The molecule has 0 aliphatic heterocycles. The Balaban J connectivity index is 2.20. The predicted molar refractivity (Wildman–Crippen MR) is 90.6 cm³/mol. The normalized spacial score (nSPS) is 12.0. The minimum absolute atomic E-state index is 0.194. The Labute approximate surface area is 138 Å². The standard InChI is InChI=1S/C16H15Cl2NOS/c1-10(12-5-3-4-6-14(12)17)19-16(20)13-9-11(21-2)7-8-15(13)18/h3-10H,1-2H3,(H,19,20). The zero-order valence-electron chi connectivity index (χ0n) is 11.7. The van der Waals surface area contributed by atoms with Gasteiger partial charge in [0.2, 0.25) is 0 Å². The van der Waals surface area contributed by atoms with E-state index in [2.05, 4.69) is 5.32 Å². The molecule has 0 fully saturated rings. The maximum Gasteiger partial charge on any atom is 0.253 e. The molecule has 0 radical (unpaired) electrons. The van der Waals surface area contributed by atoms with Gasteiger partial charge in [-0.25, -0.2) is 0 Å². The zero-order chi connectivity index (χ0) is 15.4. The summed E-state index contributed by atoms with van der Waals surface area (Å²) in [4.78, 5) is 13.4. The summed E-state index contributed by atoms with van der Waals surface area (Å²) >= 11 is 13.8. The lowest BCUT2D eigenvalue weighted by Gasteiger charge is -2.16. The molecule has 0 heterocycles. The Kier molecular flexibility index (Phi) is 5.57. The predicted octanol–water partition coefficient (Wildman–Crippen LogP) is 5.21. The molecule has 0 saturated carbocycles. The maximum atomic E-state index is 12.4. The number of hydrogen-bond acceptors (Lipinski definition) is 2. The number of carbonyl (C=O) groups excluding carboxylic acids is 1. The van der Waals surface area contributed by atoms with Crippen molar-refractivity contribution in [1.82, 2.24) is 5.32 Å². The summed E-state index contributed by atoms with van der Waals surface area (Å²) in [6.07, 6.45) is 1.96. The van der Waals surface area contributed by atoms with Gasteiger partial charge in [-0.05, 0) is 43.0 Å². The number of carbonyl (C=O) groups is 1. The third-order valence-corrected chi connectivity index (χ3v) is 4.54. The quantitative estimate of drug-likeness (QED) is 0.775. The van der Waals surface area contributed by atoms with E-state index in [1.807, 2.05) is 37.4 Å². The number of amides is 1. The fraction of sp³-hybridized carbons (Fsp3) is 0.188. The van der Waals surface area contributed by atoms with E-state index in [1.165, 1.54) is 0 Å². The van der Waals surface area contributed by atoms with Crippen LogP contribution in [0.15, 0.2) is 47.4 Å². The highest BCUT2D eigenvalue weighted by Gasteiger charge is 2.16. The first-order valence-corrected chi connectivity index (χ1v) is 8.40. The molecule has 1 atom stereocenters. The Morgan fingerprint density at radius 2 is 1.86 bits per heavy atom. The number of rotatable bonds is 4. The van der Waals surface area contributed by atoms with Gasteiger partial charge in [0.1, 0.15) is 0 Å². The van der Waals surface area contributed by atoms with Crippen molar-refractivity contribution in [2.24, 2.45) is 0 Å². The summed E-state index contributed by atoms with van der Waals surface area (Å²) in [7, 11) is 0. The molecule has 0 saturated heterocycles. The summed E-state index contributed by atoms with van der Waals surface area (Å²) in [5.74, 6) is -0.205. The lowest BCUT2D eigenvalue weighted by atomic mass is 10.1. The third-order valence-electron chi connectivity index (χ3n) is 3.14. The summed E-state index contributed by atoms with van der Waals surface area (Å²) in [6, 6.07) is 12.7. The van der Waals surface area contributed by atoms with E-state index in [1.54, 1.807) is 30.0 Å². The van der Waals surface area contributed by atoms with Crippen LogP contribution >= 0.6 is 35.0 Å². The van der Waals surface area contributed by atoms with Crippen molar-refractivity contribution in [1.29, 1.82) is 0 Å². The number of benzene rings is 2. The molecule has 1 amide bonds. The first kappa shape index (κ1) is 16.2. The van der Waals surface area contributed by atoms with Crippen LogP contribution in [0.5, 0.6) is 0 Å². The van der Waals surface area contributed by atoms with Crippen molar-refractivity contribution in [3.8, 4) is 0 Å². The summed E-state index contributed by atoms with van der Waals surface area (Å²) in [5, 5.41) is 4.00. The molecule has 0 aliphatic carbocycles. The second-order valence-electron chi connectivity index (χ2n) is 4.56. The van der Waals surface area contributed by atoms with Crippen molar-refractivity contribution in [3.05, 3.63) is 63.6 Å². The molecule has 0 bridgehead atoms. The molecule has 2 rings (SSSR count). The molecule has 2 aromatic rings. The van der Waals surface area contributed by atoms with E-state index in [0.29, 0.717) is 15.6 Å². The summed E-state index contributed by atoms with van der Waals surface area (Å²) < 4.78 is 0. The molecule has 5 heteroatoms. The third kappa shape index (κ3) is 3.94. The van der Waals surface area contributed by atoms with Crippen LogP contribution in [0.4, 0.5) is 0 Å². The van der Waals surface area contributed by atoms with E-state index < -0.39 is 0 Å². The van der Waals surface area contributed by atoms with Crippen LogP contribution in [0.3, 0.4) is 0 Å². The molecule has 1 N–H and O–H groups in total. The fourth-order valence-corrected chi connectivity index (χ4v) is 2.93. The fourth-order valence-electron chi connectivity index (χ4n) is 1.98. The molecule has 0 aromatic heterocycles. The minimum atomic E-state index is -0.205. The van der Waals surface area contributed by atoms with Crippen molar-refractivity contribution in [2.75, 3.05) is 6.26 Å². The van der Waals surface area contributed by atoms with Crippen LogP contribution in [-0.4, -0.2) is 12.2 Å². The molecule has 1 unspecified atom stereocenters. The average Bonchev–Trinajstić information content (AvgIpc) is 2.48. The van der Waals surface area contributed by atoms with Crippen LogP contribution in [0, 0.1) is 0 Å². The van der Waals surface area contributed by atoms with E-state index in [-0.39, 0.29) is 11.9 Å². The smallest absolute Gasteiger partial charge is 0.253 e. The van der Waals surface area contributed by atoms with Gasteiger partial charge in [-0.2, -0.15) is 0 Å². The van der Waals surface area contributed by atoms with E-state index in [9.17, 15) is 4.79 Å². The molecular weight excluding hydrogens is 325 g/mol. The van der Waals surface area contributed by atoms with Gasteiger partial charge in [-0.3, -0.25) is 4.79 Å². The van der Waals surface area contributed by atoms with Crippen LogP contribution in [0.1, 0.15) is 28.9 Å². The SMILES string of the molecule is CSc1ccc(Cl)c(C(=O)NC(C)c2ccccc2Cl)c1. The topological polar surface area (TPSA) is 29.1 Å². The average molecular weight is 340 g/mol. The molecular formula is C16H15Cl2NOS. The number of nitrogens with one attached hydrogen (secondary N) is 1. The van der Waals surface area contributed by atoms with Gasteiger partial charge in [0.05, 0.1) is 16.6 Å². The Hall–Kier alpha value is -1.16. The van der Waals surface area contributed by atoms with Gasteiger partial charge in [-0.15, -0.1) is 11.8 Å². The first-order chi connectivity index (χ1) is 10.0. The highest BCUT2D eigenvalue weighted by molar-refractivity contribution is 7.98. The second kappa shape index (κ2) is 7.21. The van der Waals surface area contributed by atoms with E-state index >= 15 is 0 Å². The van der Waals surface area contributed by atoms with Crippen LogP contribution in [0.2, 0.25) is 10.0 Å². The molecule has 2 aromatic carbocycles. The van der Waals surface area contributed by atoms with Gasteiger partial charge in [0.25, 0.3) is 5.91 Å². The van der Waals surface area contributed by atoms with Gasteiger partial charge >= 0.3 is 0 Å². The van der Waals surface area contributed by atoms with Crippen molar-refractivity contribution < 1.29 is 4.79 Å². The lowest BCUT2D eigenvalue weighted by molar-refractivity contribution is 0.0940. The number of hydrogen-bond donors (Lipinski definition) is 1. The van der Waals surface area contributed by atoms with Crippen LogP contribution < -0.4 is 5.32 Å². The summed E-state index contributed by atoms with van der Waals surface area (Å²) in [6.45, 7) is 1.89. The highest BCUT2D eigenvalue weighted by Crippen LogP contribution is 2.25. The molecule has 110 valence electrons. The zero-order valence-corrected chi connectivity index (χ0v) is 14.0. The van der Waals surface area contributed by atoms with Gasteiger partial charge < -0.3 is 5.32 Å². The van der Waals surface area contributed by atoms with Gasteiger partial charge in [0.15, 0.2) is 0 Å². The van der Waals surface area contributed by atoms with Crippen molar-refractivity contribution in [3.63, 3.8) is 0 Å². The van der Waals surface area contributed by atoms with Crippen LogP contribution in [0.25, 0.3) is 0 Å². The Bertz CT molecular complexity index is 660. The lowest BCUT2D eigenvalue weighted by Crippen LogP contribution is -2.27. The number of thioether (sulfide) groups is 1. The van der Waals surface area contributed by atoms with E-state index in [0.717, 1.165) is 10.5 Å². The minimum Gasteiger partial charge on any atom is -0.345 e. The molecule has 0 spiro atoms. The van der Waals surface area contributed by atoms with Crippen LogP contribution in [-0.2, 0) is 0 Å². The maximum absolute atomic E-state index is 12.4. The Morgan fingerprint density at radius 1 is 1.14 bits per heavy atom. The van der Waals surface area contributed by atoms with E-state index in [4.69, 9.17) is 23.2 Å². The molecule has 2 nitrogen and oxygen atoms in total. The van der Waals surface area contributed by atoms with Crippen molar-refractivity contribution >= 4 is 40.9 Å².